The Balaban J connectivity index is 0.000000470. The molecule has 3 heterocycles. The number of H-pyrrole nitrogens is 1. The lowest BCUT2D eigenvalue weighted by molar-refractivity contribution is -0.192. The van der Waals surface area contributed by atoms with Crippen molar-refractivity contribution in [3.05, 3.63) is 77.1 Å². The third kappa shape index (κ3) is 4.99. The molecule has 12 heteroatoms. The first-order chi connectivity index (χ1) is 18.9. The van der Waals surface area contributed by atoms with E-state index < -0.39 is 12.1 Å². The second kappa shape index (κ2) is 10.8. The minimum absolute atomic E-state index is 0.144. The van der Waals surface area contributed by atoms with E-state index in [0.717, 1.165) is 39.5 Å². The van der Waals surface area contributed by atoms with Crippen molar-refractivity contribution in [3.8, 4) is 23.0 Å². The van der Waals surface area contributed by atoms with Crippen LogP contribution in [0.3, 0.4) is 0 Å². The van der Waals surface area contributed by atoms with Gasteiger partial charge in [-0.15, -0.1) is 0 Å². The molecule has 5 aromatic rings. The summed E-state index contributed by atoms with van der Waals surface area (Å²) in [6.07, 6.45) is -0.00666. The van der Waals surface area contributed by atoms with Crippen molar-refractivity contribution >= 4 is 27.8 Å². The SMILES string of the molecule is CCC(N(C)C)n1cc(-c2c(C#N)[nH]c(=O)n2-c2cn(C)c3ccccc23)c2ccccc21.O=C(O)C(F)(F)F. The molecule has 0 saturated heterocycles. The van der Waals surface area contributed by atoms with Crippen LogP contribution in [-0.2, 0) is 11.8 Å². The number of rotatable bonds is 5. The number of aryl methyl sites for hydroxylation is 1. The minimum Gasteiger partial charge on any atom is -0.475 e. The van der Waals surface area contributed by atoms with E-state index >= 15 is 0 Å². The summed E-state index contributed by atoms with van der Waals surface area (Å²) in [5, 5.41) is 19.0. The van der Waals surface area contributed by atoms with Gasteiger partial charge in [0.25, 0.3) is 0 Å². The maximum atomic E-state index is 13.2. The lowest BCUT2D eigenvalue weighted by Gasteiger charge is -2.25. The number of hydrogen-bond donors (Lipinski definition) is 2. The van der Waals surface area contributed by atoms with Crippen LogP contribution in [0.1, 0.15) is 25.2 Å². The Hall–Kier alpha value is -4.76. The number of hydrogen-bond acceptors (Lipinski definition) is 4. The van der Waals surface area contributed by atoms with E-state index in [1.54, 1.807) is 4.57 Å². The van der Waals surface area contributed by atoms with Crippen molar-refractivity contribution < 1.29 is 23.1 Å². The van der Waals surface area contributed by atoms with E-state index in [1.165, 1.54) is 0 Å². The highest BCUT2D eigenvalue weighted by Gasteiger charge is 2.38. The van der Waals surface area contributed by atoms with Gasteiger partial charge in [-0.2, -0.15) is 18.4 Å². The molecule has 0 spiro atoms. The average Bonchev–Trinajstić information content (AvgIpc) is 3.55. The van der Waals surface area contributed by atoms with Crippen molar-refractivity contribution in [2.45, 2.75) is 25.7 Å². The molecule has 0 amide bonds. The number of imidazole rings is 1. The number of aromatic amines is 1. The number of alkyl halides is 3. The predicted molar refractivity (Wildman–Crippen MR) is 145 cm³/mol. The van der Waals surface area contributed by atoms with Crippen LogP contribution < -0.4 is 5.69 Å². The van der Waals surface area contributed by atoms with Crippen LogP contribution in [0.4, 0.5) is 13.2 Å². The third-order valence-electron chi connectivity index (χ3n) is 6.64. The molecule has 1 unspecified atom stereocenters. The van der Waals surface area contributed by atoms with Crippen LogP contribution in [0.15, 0.2) is 65.7 Å². The van der Waals surface area contributed by atoms with E-state index in [9.17, 15) is 23.2 Å². The number of para-hydroxylation sites is 2. The number of carbonyl (C=O) groups is 1. The Kier molecular flexibility index (Phi) is 7.61. The molecule has 40 heavy (non-hydrogen) atoms. The fourth-order valence-electron chi connectivity index (χ4n) is 4.95. The van der Waals surface area contributed by atoms with Crippen LogP contribution in [0.5, 0.6) is 0 Å². The van der Waals surface area contributed by atoms with Gasteiger partial charge in [0, 0.05) is 41.3 Å². The number of benzene rings is 2. The van der Waals surface area contributed by atoms with E-state index in [-0.39, 0.29) is 17.5 Å². The maximum absolute atomic E-state index is 13.2. The topological polar surface area (TPSA) is 112 Å². The number of nitriles is 1. The normalized spacial score (nSPS) is 12.4. The van der Waals surface area contributed by atoms with Crippen LogP contribution >= 0.6 is 0 Å². The maximum Gasteiger partial charge on any atom is 0.490 e. The van der Waals surface area contributed by atoms with Crippen molar-refractivity contribution in [1.82, 2.24) is 23.6 Å². The molecule has 2 aromatic carbocycles. The van der Waals surface area contributed by atoms with Gasteiger partial charge in [-0.25, -0.2) is 9.59 Å². The van der Waals surface area contributed by atoms with Gasteiger partial charge in [-0.05, 0) is 32.6 Å². The molecular weight excluding hydrogens is 525 g/mol. The number of aromatic nitrogens is 4. The largest absolute Gasteiger partial charge is 0.490 e. The summed E-state index contributed by atoms with van der Waals surface area (Å²) in [6, 6.07) is 18.3. The smallest absolute Gasteiger partial charge is 0.475 e. The standard InChI is InChI=1S/C26H26N6O.C2HF3O2/c1-5-24(29(2)3)31-15-19(17-10-6-9-13-22(17)31)25-20(14-27)28-26(33)32(25)23-16-30(4)21-12-8-7-11-18(21)23;3-2(4,5)1(6)7/h6-13,15-16,24H,5H2,1-4H3,(H,28,33);(H,6,7). The van der Waals surface area contributed by atoms with Crippen LogP contribution in [0.2, 0.25) is 0 Å². The second-order valence-electron chi connectivity index (χ2n) is 9.37. The molecule has 208 valence electrons. The molecule has 0 bridgehead atoms. The van der Waals surface area contributed by atoms with Gasteiger partial charge < -0.3 is 14.2 Å². The summed E-state index contributed by atoms with van der Waals surface area (Å²) in [4.78, 5) is 27.1. The number of nitrogens with one attached hydrogen (secondary N) is 1. The van der Waals surface area contributed by atoms with Crippen LogP contribution in [-0.4, -0.2) is 54.9 Å². The quantitative estimate of drug-likeness (QED) is 0.309. The summed E-state index contributed by atoms with van der Waals surface area (Å²) in [5.74, 6) is -2.76. The highest BCUT2D eigenvalue weighted by molar-refractivity contribution is 5.98. The Morgan fingerprint density at radius 2 is 1.65 bits per heavy atom. The molecule has 3 aromatic heterocycles. The zero-order chi connectivity index (χ0) is 29.4. The fourth-order valence-corrected chi connectivity index (χ4v) is 4.95. The van der Waals surface area contributed by atoms with Crippen molar-refractivity contribution in [2.24, 2.45) is 7.05 Å². The Labute approximate surface area is 226 Å². The molecule has 0 aliphatic heterocycles. The lowest BCUT2D eigenvalue weighted by Crippen LogP contribution is -2.24. The molecule has 5 rings (SSSR count). The van der Waals surface area contributed by atoms with E-state index in [0.29, 0.717) is 5.69 Å². The summed E-state index contributed by atoms with van der Waals surface area (Å²) < 4.78 is 37.6. The molecule has 0 aliphatic carbocycles. The Morgan fingerprint density at radius 3 is 2.20 bits per heavy atom. The van der Waals surface area contributed by atoms with E-state index in [4.69, 9.17) is 9.90 Å². The molecule has 2 N–H and O–H groups in total. The number of carboxylic acid groups (broad SMARTS) is 1. The number of halogens is 3. The number of fused-ring (bicyclic) bond motifs is 2. The zero-order valence-electron chi connectivity index (χ0n) is 22.2. The Morgan fingerprint density at radius 1 is 1.07 bits per heavy atom. The second-order valence-corrected chi connectivity index (χ2v) is 9.37. The van der Waals surface area contributed by atoms with Gasteiger partial charge in [0.05, 0.1) is 23.1 Å². The molecule has 9 nitrogen and oxygen atoms in total. The number of aliphatic carboxylic acids is 1. The van der Waals surface area contributed by atoms with Gasteiger partial charge in [0.1, 0.15) is 11.8 Å². The lowest BCUT2D eigenvalue weighted by atomic mass is 10.1. The monoisotopic (exact) mass is 552 g/mol. The molecule has 0 aliphatic rings. The summed E-state index contributed by atoms with van der Waals surface area (Å²) in [6.45, 7) is 2.15. The van der Waals surface area contributed by atoms with Gasteiger partial charge in [0.15, 0.2) is 0 Å². The number of nitrogens with zero attached hydrogens (tertiary/aromatic N) is 5. The highest BCUT2D eigenvalue weighted by atomic mass is 19.4. The van der Waals surface area contributed by atoms with E-state index in [2.05, 4.69) is 59.9 Å². The summed E-state index contributed by atoms with van der Waals surface area (Å²) in [7, 11) is 6.08. The fraction of sp³-hybridized carbons (Fsp3) is 0.250. The van der Waals surface area contributed by atoms with Gasteiger partial charge in [-0.3, -0.25) is 14.5 Å². The first kappa shape index (κ1) is 28.3. The molecular formula is C28H27F3N6O3. The highest BCUT2D eigenvalue weighted by Crippen LogP contribution is 2.37. The van der Waals surface area contributed by atoms with Crippen LogP contribution in [0, 0.1) is 11.3 Å². The van der Waals surface area contributed by atoms with Crippen molar-refractivity contribution in [2.75, 3.05) is 14.1 Å². The summed E-state index contributed by atoms with van der Waals surface area (Å²) >= 11 is 0. The first-order valence-corrected chi connectivity index (χ1v) is 12.3. The first-order valence-electron chi connectivity index (χ1n) is 12.3. The van der Waals surface area contributed by atoms with Crippen molar-refractivity contribution in [3.63, 3.8) is 0 Å². The molecule has 1 atom stereocenters. The Bertz CT molecular complexity index is 1800. The third-order valence-corrected chi connectivity index (χ3v) is 6.64. The minimum atomic E-state index is -5.08. The van der Waals surface area contributed by atoms with E-state index in [1.807, 2.05) is 54.2 Å². The predicted octanol–water partition coefficient (Wildman–Crippen LogP) is 5.25. The van der Waals surface area contributed by atoms with Crippen molar-refractivity contribution in [1.29, 1.82) is 5.26 Å². The zero-order valence-corrected chi connectivity index (χ0v) is 22.2. The van der Waals surface area contributed by atoms with Crippen LogP contribution in [0.25, 0.3) is 38.8 Å². The molecule has 0 saturated carbocycles. The van der Waals surface area contributed by atoms with Gasteiger partial charge in [-0.1, -0.05) is 43.3 Å². The number of carboxylic acids is 1. The van der Waals surface area contributed by atoms with Gasteiger partial charge >= 0.3 is 17.8 Å². The van der Waals surface area contributed by atoms with Gasteiger partial charge in [0.2, 0.25) is 0 Å². The average molecular weight is 553 g/mol. The molecule has 0 fully saturated rings. The summed E-state index contributed by atoms with van der Waals surface area (Å²) in [5.41, 5.74) is 4.21. The molecule has 0 radical (unpaired) electrons.